The topological polar surface area (TPSA) is 77.2 Å². The number of carbonyl (C=O) groups excluding carboxylic acids is 1. The average molecular weight is 350 g/mol. The molecule has 0 saturated heterocycles. The number of pyridine rings is 1. The summed E-state index contributed by atoms with van der Waals surface area (Å²) in [4.78, 5) is 43.5. The summed E-state index contributed by atoms with van der Waals surface area (Å²) in [7, 11) is 2.97. The molecule has 1 amide bonds. The Labute approximate surface area is 149 Å². The molecule has 2 aromatic heterocycles. The van der Waals surface area contributed by atoms with Crippen LogP contribution in [0.2, 0.25) is 0 Å². The normalized spacial score (nSPS) is 13.7. The van der Waals surface area contributed by atoms with E-state index in [1.54, 1.807) is 11.9 Å². The fraction of sp³-hybridized carbons (Fsp3) is 0.263. The van der Waals surface area contributed by atoms with Crippen molar-refractivity contribution in [3.63, 3.8) is 0 Å². The van der Waals surface area contributed by atoms with E-state index in [-0.39, 0.29) is 16.9 Å². The van der Waals surface area contributed by atoms with E-state index in [1.807, 2.05) is 24.3 Å². The van der Waals surface area contributed by atoms with Crippen LogP contribution < -0.4 is 16.1 Å². The highest BCUT2D eigenvalue weighted by atomic mass is 16.2. The summed E-state index contributed by atoms with van der Waals surface area (Å²) in [6, 6.07) is 9.37. The molecular formula is C19H18N4O3. The molecule has 7 heteroatoms. The minimum absolute atomic E-state index is 0.192. The number of hydrogen-bond acceptors (Lipinski definition) is 4. The number of carbonyl (C=O) groups is 1. The maximum atomic E-state index is 13.1. The van der Waals surface area contributed by atoms with Crippen molar-refractivity contribution in [2.45, 2.75) is 12.8 Å². The number of hydrogen-bond donors (Lipinski definition) is 0. The number of aryl methyl sites for hydroxylation is 2. The monoisotopic (exact) mass is 350 g/mol. The molecular weight excluding hydrogens is 332 g/mol. The molecule has 0 bridgehead atoms. The number of nitrogens with zero attached hydrogens (tertiary/aromatic N) is 4. The predicted molar refractivity (Wildman–Crippen MR) is 98.7 cm³/mol. The van der Waals surface area contributed by atoms with Crippen LogP contribution >= 0.6 is 0 Å². The molecule has 0 spiro atoms. The summed E-state index contributed by atoms with van der Waals surface area (Å²) in [5.74, 6) is -0.192. The van der Waals surface area contributed by atoms with Crippen molar-refractivity contribution in [3.05, 3.63) is 68.5 Å². The molecule has 3 aromatic rings. The molecule has 0 atom stereocenters. The van der Waals surface area contributed by atoms with Gasteiger partial charge in [0.1, 0.15) is 5.65 Å². The van der Waals surface area contributed by atoms with E-state index in [1.165, 1.54) is 23.9 Å². The summed E-state index contributed by atoms with van der Waals surface area (Å²) >= 11 is 0. The highest BCUT2D eigenvalue weighted by Gasteiger charge is 2.24. The van der Waals surface area contributed by atoms with Crippen molar-refractivity contribution < 1.29 is 4.79 Å². The second kappa shape index (κ2) is 5.94. The highest BCUT2D eigenvalue weighted by molar-refractivity contribution is 6.07. The van der Waals surface area contributed by atoms with Crippen LogP contribution in [0.3, 0.4) is 0 Å². The van der Waals surface area contributed by atoms with Gasteiger partial charge in [-0.2, -0.15) is 0 Å². The van der Waals surface area contributed by atoms with Crippen molar-refractivity contribution in [2.75, 3.05) is 11.4 Å². The van der Waals surface area contributed by atoms with Crippen LogP contribution in [0, 0.1) is 0 Å². The SMILES string of the molecule is Cn1c(=O)c2cc(C(=O)N3CCCc4ccccc43)cnc2n(C)c1=O. The van der Waals surface area contributed by atoms with Gasteiger partial charge in [-0.15, -0.1) is 0 Å². The first kappa shape index (κ1) is 16.3. The smallest absolute Gasteiger partial charge is 0.308 e. The Kier molecular flexibility index (Phi) is 3.72. The molecule has 7 nitrogen and oxygen atoms in total. The van der Waals surface area contributed by atoms with E-state index in [0.29, 0.717) is 12.1 Å². The van der Waals surface area contributed by atoms with Gasteiger partial charge in [0.2, 0.25) is 0 Å². The van der Waals surface area contributed by atoms with Gasteiger partial charge in [0, 0.05) is 32.5 Å². The van der Waals surface area contributed by atoms with Gasteiger partial charge in [-0.25, -0.2) is 9.78 Å². The molecule has 0 radical (unpaired) electrons. The number of rotatable bonds is 1. The number of anilines is 1. The number of aromatic nitrogens is 3. The molecule has 26 heavy (non-hydrogen) atoms. The van der Waals surface area contributed by atoms with Crippen LogP contribution in [0.25, 0.3) is 11.0 Å². The Morgan fingerprint density at radius 3 is 2.69 bits per heavy atom. The van der Waals surface area contributed by atoms with Crippen LogP contribution in [0.15, 0.2) is 46.1 Å². The lowest BCUT2D eigenvalue weighted by molar-refractivity contribution is 0.0985. The quantitative estimate of drug-likeness (QED) is 0.661. The van der Waals surface area contributed by atoms with Gasteiger partial charge < -0.3 is 4.90 Å². The minimum Gasteiger partial charge on any atom is -0.308 e. The van der Waals surface area contributed by atoms with Crippen LogP contribution in [0.1, 0.15) is 22.3 Å². The Morgan fingerprint density at radius 2 is 1.88 bits per heavy atom. The third-order valence-corrected chi connectivity index (χ3v) is 4.90. The molecule has 0 aliphatic carbocycles. The fourth-order valence-corrected chi connectivity index (χ4v) is 3.48. The van der Waals surface area contributed by atoms with E-state index < -0.39 is 11.2 Å². The largest absolute Gasteiger partial charge is 0.332 e. The zero-order valence-electron chi connectivity index (χ0n) is 14.6. The van der Waals surface area contributed by atoms with Crippen molar-refractivity contribution in [2.24, 2.45) is 14.1 Å². The lowest BCUT2D eigenvalue weighted by Gasteiger charge is -2.29. The molecule has 132 valence electrons. The zero-order chi connectivity index (χ0) is 18.4. The highest BCUT2D eigenvalue weighted by Crippen LogP contribution is 2.28. The lowest BCUT2D eigenvalue weighted by atomic mass is 10.0. The van der Waals surface area contributed by atoms with Crippen molar-refractivity contribution >= 4 is 22.6 Å². The Hall–Kier alpha value is -3.22. The molecule has 1 aliphatic heterocycles. The average Bonchev–Trinajstić information content (AvgIpc) is 2.69. The molecule has 1 aromatic carbocycles. The Bertz CT molecular complexity index is 1160. The van der Waals surface area contributed by atoms with Gasteiger partial charge in [-0.1, -0.05) is 18.2 Å². The second-order valence-corrected chi connectivity index (χ2v) is 6.49. The van der Waals surface area contributed by atoms with Crippen molar-refractivity contribution in [3.8, 4) is 0 Å². The summed E-state index contributed by atoms with van der Waals surface area (Å²) in [5.41, 5.74) is 1.75. The molecule has 3 heterocycles. The van der Waals surface area contributed by atoms with Crippen LogP contribution in [0.5, 0.6) is 0 Å². The first-order valence-electron chi connectivity index (χ1n) is 8.44. The number of para-hydroxylation sites is 1. The summed E-state index contributed by atoms with van der Waals surface area (Å²) < 4.78 is 2.33. The fourth-order valence-electron chi connectivity index (χ4n) is 3.48. The summed E-state index contributed by atoms with van der Waals surface area (Å²) in [6.07, 6.45) is 3.26. The van der Waals surface area contributed by atoms with E-state index in [9.17, 15) is 14.4 Å². The number of fused-ring (bicyclic) bond motifs is 2. The Morgan fingerprint density at radius 1 is 1.12 bits per heavy atom. The number of benzene rings is 1. The maximum absolute atomic E-state index is 13.1. The van der Waals surface area contributed by atoms with Gasteiger partial charge in [-0.3, -0.25) is 18.7 Å². The van der Waals surface area contributed by atoms with Crippen LogP contribution in [-0.4, -0.2) is 26.6 Å². The third-order valence-electron chi connectivity index (χ3n) is 4.90. The molecule has 0 saturated carbocycles. The third kappa shape index (κ3) is 2.35. The van der Waals surface area contributed by atoms with E-state index in [4.69, 9.17) is 0 Å². The summed E-state index contributed by atoms with van der Waals surface area (Å²) in [5, 5.41) is 0.255. The lowest BCUT2D eigenvalue weighted by Crippen LogP contribution is -2.38. The molecule has 0 fully saturated rings. The van der Waals surface area contributed by atoms with Gasteiger partial charge in [0.15, 0.2) is 0 Å². The van der Waals surface area contributed by atoms with Crippen LogP contribution in [-0.2, 0) is 20.5 Å². The minimum atomic E-state index is -0.454. The molecule has 4 rings (SSSR count). The predicted octanol–water partition coefficient (Wildman–Crippen LogP) is 1.23. The second-order valence-electron chi connectivity index (χ2n) is 6.49. The maximum Gasteiger partial charge on any atom is 0.332 e. The van der Waals surface area contributed by atoms with Gasteiger partial charge in [-0.05, 0) is 30.5 Å². The van der Waals surface area contributed by atoms with Crippen LogP contribution in [0.4, 0.5) is 5.69 Å². The standard InChI is InChI=1S/C19H18N4O3/c1-21-16-14(18(25)22(2)19(21)26)10-13(11-20-16)17(24)23-9-5-7-12-6-3-4-8-15(12)23/h3-4,6,8,10-11H,5,7,9H2,1-2H3. The van der Waals surface area contributed by atoms with Gasteiger partial charge in [0.25, 0.3) is 11.5 Å². The van der Waals surface area contributed by atoms with Gasteiger partial charge >= 0.3 is 5.69 Å². The van der Waals surface area contributed by atoms with Crippen molar-refractivity contribution in [1.29, 1.82) is 0 Å². The first-order chi connectivity index (χ1) is 12.5. The van der Waals surface area contributed by atoms with Crippen molar-refractivity contribution in [1.82, 2.24) is 14.1 Å². The van der Waals surface area contributed by atoms with E-state index >= 15 is 0 Å². The molecule has 1 aliphatic rings. The summed E-state index contributed by atoms with van der Waals surface area (Å²) in [6.45, 7) is 0.624. The van der Waals surface area contributed by atoms with E-state index in [0.717, 1.165) is 28.7 Å². The van der Waals surface area contributed by atoms with Gasteiger partial charge in [0.05, 0.1) is 10.9 Å². The Balaban J connectivity index is 1.85. The van der Waals surface area contributed by atoms with E-state index in [2.05, 4.69) is 4.98 Å². The number of amides is 1. The molecule has 0 unspecified atom stereocenters. The first-order valence-corrected chi connectivity index (χ1v) is 8.44. The zero-order valence-corrected chi connectivity index (χ0v) is 14.6. The molecule has 0 N–H and O–H groups in total.